The minimum Gasteiger partial charge on any atom is -0.325 e. The molecule has 8 heteroatoms. The van der Waals surface area contributed by atoms with Gasteiger partial charge in [-0.25, -0.2) is 0 Å². The second-order valence-electron chi connectivity index (χ2n) is 5.80. The molecule has 2 aromatic rings. The molecule has 1 aromatic heterocycles. The van der Waals surface area contributed by atoms with Gasteiger partial charge < -0.3 is 5.32 Å². The van der Waals surface area contributed by atoms with E-state index in [1.54, 1.807) is 12.1 Å². The maximum atomic E-state index is 12.2. The van der Waals surface area contributed by atoms with Crippen LogP contribution in [0.2, 0.25) is 0 Å². The lowest BCUT2D eigenvalue weighted by atomic mass is 10.1. The van der Waals surface area contributed by atoms with Crippen LogP contribution in [0.5, 0.6) is 0 Å². The topological polar surface area (TPSA) is 118 Å². The average Bonchev–Trinajstić information content (AvgIpc) is 3.04. The normalized spacial score (nSPS) is 12.3. The first-order chi connectivity index (χ1) is 12.0. The Balaban J connectivity index is 1.81. The van der Waals surface area contributed by atoms with Crippen LogP contribution in [0.1, 0.15) is 23.1 Å². The van der Waals surface area contributed by atoms with Crippen LogP contribution < -0.4 is 10.9 Å². The summed E-state index contributed by atoms with van der Waals surface area (Å²) in [6, 6.07) is 8.17. The zero-order valence-corrected chi connectivity index (χ0v) is 13.2. The van der Waals surface area contributed by atoms with Gasteiger partial charge in [0.15, 0.2) is 0 Å². The van der Waals surface area contributed by atoms with Gasteiger partial charge in [-0.1, -0.05) is 6.07 Å². The molecule has 1 aromatic carbocycles. The maximum Gasteiger partial charge on any atom is 0.287 e. The van der Waals surface area contributed by atoms with Crippen molar-refractivity contribution in [3.05, 3.63) is 67.6 Å². The Kier molecular flexibility index (Phi) is 4.31. The van der Waals surface area contributed by atoms with E-state index in [9.17, 15) is 19.7 Å². The highest BCUT2D eigenvalue weighted by atomic mass is 16.6. The van der Waals surface area contributed by atoms with Crippen LogP contribution in [0.4, 0.5) is 11.4 Å². The second kappa shape index (κ2) is 6.57. The standard InChI is InChI=1S/C17H14N4O4/c18-8-13-7-15(21(24)25)9-20(17(13)23)10-16(22)19-14-5-4-11-2-1-3-12(11)6-14/h4-7,9H,1-3,10H2,(H,19,22). The highest BCUT2D eigenvalue weighted by Gasteiger charge is 2.16. The molecule has 0 radical (unpaired) electrons. The van der Waals surface area contributed by atoms with Crippen LogP contribution in [0.15, 0.2) is 35.3 Å². The van der Waals surface area contributed by atoms with Gasteiger partial charge in [0, 0.05) is 11.8 Å². The highest BCUT2D eigenvalue weighted by molar-refractivity contribution is 5.90. The zero-order valence-electron chi connectivity index (χ0n) is 13.2. The van der Waals surface area contributed by atoms with E-state index in [4.69, 9.17) is 5.26 Å². The molecule has 1 amide bonds. The van der Waals surface area contributed by atoms with Crippen LogP contribution in [0, 0.1) is 21.4 Å². The van der Waals surface area contributed by atoms with E-state index in [1.165, 1.54) is 11.1 Å². The lowest BCUT2D eigenvalue weighted by Gasteiger charge is -2.09. The number of carbonyl (C=O) groups is 1. The first-order valence-corrected chi connectivity index (χ1v) is 7.68. The number of nitrogens with zero attached hydrogens (tertiary/aromatic N) is 3. The number of amides is 1. The first-order valence-electron chi connectivity index (χ1n) is 7.68. The third-order valence-electron chi connectivity index (χ3n) is 4.10. The highest BCUT2D eigenvalue weighted by Crippen LogP contribution is 2.24. The Labute approximate surface area is 142 Å². The van der Waals surface area contributed by atoms with E-state index in [0.717, 1.165) is 36.1 Å². The first kappa shape index (κ1) is 16.4. The molecule has 1 aliphatic carbocycles. The summed E-state index contributed by atoms with van der Waals surface area (Å²) < 4.78 is 0.874. The van der Waals surface area contributed by atoms with Crippen molar-refractivity contribution in [3.8, 4) is 6.07 Å². The second-order valence-corrected chi connectivity index (χ2v) is 5.80. The summed E-state index contributed by atoms with van der Waals surface area (Å²) in [5.74, 6) is -0.496. The number of anilines is 1. The summed E-state index contributed by atoms with van der Waals surface area (Å²) in [7, 11) is 0. The Morgan fingerprint density at radius 2 is 2.08 bits per heavy atom. The van der Waals surface area contributed by atoms with Crippen molar-refractivity contribution in [2.75, 3.05) is 5.32 Å². The Bertz CT molecular complexity index is 972. The number of aromatic nitrogens is 1. The molecule has 25 heavy (non-hydrogen) atoms. The largest absolute Gasteiger partial charge is 0.325 e. The number of hydrogen-bond acceptors (Lipinski definition) is 5. The maximum absolute atomic E-state index is 12.2. The molecular formula is C17H14N4O4. The van der Waals surface area contributed by atoms with Crippen LogP contribution in [-0.4, -0.2) is 15.4 Å². The van der Waals surface area contributed by atoms with Crippen molar-refractivity contribution in [2.45, 2.75) is 25.8 Å². The predicted molar refractivity (Wildman–Crippen MR) is 89.2 cm³/mol. The molecule has 1 heterocycles. The number of rotatable bonds is 4. The minimum absolute atomic E-state index is 0.375. The van der Waals surface area contributed by atoms with Gasteiger partial charge in [0.1, 0.15) is 18.2 Å². The SMILES string of the molecule is N#Cc1cc([N+](=O)[O-])cn(CC(=O)Nc2ccc3c(c2)CCC3)c1=O. The molecule has 0 fully saturated rings. The minimum atomic E-state index is -0.739. The fourth-order valence-electron chi connectivity index (χ4n) is 2.92. The molecule has 8 nitrogen and oxygen atoms in total. The van der Waals surface area contributed by atoms with E-state index < -0.39 is 28.6 Å². The molecule has 1 N–H and O–H groups in total. The number of nitriles is 1. The van der Waals surface area contributed by atoms with Gasteiger partial charge in [-0.15, -0.1) is 0 Å². The van der Waals surface area contributed by atoms with E-state index in [0.29, 0.717) is 5.69 Å². The lowest BCUT2D eigenvalue weighted by Crippen LogP contribution is -2.29. The summed E-state index contributed by atoms with van der Waals surface area (Å²) in [5.41, 5.74) is 1.55. The van der Waals surface area contributed by atoms with Gasteiger partial charge in [-0.3, -0.25) is 24.3 Å². The van der Waals surface area contributed by atoms with Gasteiger partial charge in [0.05, 0.1) is 11.1 Å². The van der Waals surface area contributed by atoms with Crippen LogP contribution in [0.3, 0.4) is 0 Å². The number of fused-ring (bicyclic) bond motifs is 1. The Morgan fingerprint density at radius 1 is 1.32 bits per heavy atom. The zero-order chi connectivity index (χ0) is 18.0. The summed E-state index contributed by atoms with van der Waals surface area (Å²) >= 11 is 0. The molecule has 0 saturated carbocycles. The number of carbonyl (C=O) groups excluding carboxylic acids is 1. The van der Waals surface area contributed by atoms with Crippen molar-refractivity contribution in [1.82, 2.24) is 4.57 Å². The number of nitro groups is 1. The molecule has 126 valence electrons. The van der Waals surface area contributed by atoms with Gasteiger partial charge in [0.2, 0.25) is 5.91 Å². The van der Waals surface area contributed by atoms with Crippen molar-refractivity contribution in [2.24, 2.45) is 0 Å². The number of pyridine rings is 1. The number of nitrogens with one attached hydrogen (secondary N) is 1. The Morgan fingerprint density at radius 3 is 2.80 bits per heavy atom. The van der Waals surface area contributed by atoms with Gasteiger partial charge in [-0.05, 0) is 42.5 Å². The molecule has 0 aliphatic heterocycles. The van der Waals surface area contributed by atoms with Crippen molar-refractivity contribution < 1.29 is 9.72 Å². The Hall–Kier alpha value is -3.47. The molecule has 0 bridgehead atoms. The van der Waals surface area contributed by atoms with E-state index >= 15 is 0 Å². The summed E-state index contributed by atoms with van der Waals surface area (Å²) in [5, 5.41) is 22.5. The summed E-state index contributed by atoms with van der Waals surface area (Å²) in [6.45, 7) is -0.410. The molecule has 0 spiro atoms. The molecule has 0 atom stereocenters. The fraction of sp³-hybridized carbons (Fsp3) is 0.235. The van der Waals surface area contributed by atoms with E-state index in [-0.39, 0.29) is 5.56 Å². The van der Waals surface area contributed by atoms with Crippen molar-refractivity contribution in [3.63, 3.8) is 0 Å². The monoisotopic (exact) mass is 338 g/mol. The smallest absolute Gasteiger partial charge is 0.287 e. The van der Waals surface area contributed by atoms with E-state index in [2.05, 4.69) is 5.32 Å². The third kappa shape index (κ3) is 3.40. The van der Waals surface area contributed by atoms with Gasteiger partial charge in [0.25, 0.3) is 11.2 Å². The summed E-state index contributed by atoms with van der Waals surface area (Å²) in [6.07, 6.45) is 4.05. The van der Waals surface area contributed by atoms with Gasteiger partial charge >= 0.3 is 0 Å². The quantitative estimate of drug-likeness (QED) is 0.673. The van der Waals surface area contributed by atoms with Crippen molar-refractivity contribution in [1.29, 1.82) is 5.26 Å². The number of aryl methyl sites for hydroxylation is 2. The molecule has 0 unspecified atom stereocenters. The molecule has 1 aliphatic rings. The third-order valence-corrected chi connectivity index (χ3v) is 4.10. The fourth-order valence-corrected chi connectivity index (χ4v) is 2.92. The van der Waals surface area contributed by atoms with Crippen LogP contribution in [-0.2, 0) is 24.2 Å². The molecule has 3 rings (SSSR count). The van der Waals surface area contributed by atoms with Gasteiger partial charge in [-0.2, -0.15) is 5.26 Å². The number of benzene rings is 1. The van der Waals surface area contributed by atoms with Crippen LogP contribution >= 0.6 is 0 Å². The predicted octanol–water partition coefficient (Wildman–Crippen LogP) is 1.76. The van der Waals surface area contributed by atoms with E-state index in [1.807, 2.05) is 12.1 Å². The molecular weight excluding hydrogens is 324 g/mol. The number of hydrogen-bond donors (Lipinski definition) is 1. The molecule has 0 saturated heterocycles. The average molecular weight is 338 g/mol. The summed E-state index contributed by atoms with van der Waals surface area (Å²) in [4.78, 5) is 34.4. The lowest BCUT2D eigenvalue weighted by molar-refractivity contribution is -0.385. The van der Waals surface area contributed by atoms with Crippen LogP contribution in [0.25, 0.3) is 0 Å². The van der Waals surface area contributed by atoms with Crippen molar-refractivity contribution >= 4 is 17.3 Å².